The number of hydrogen-bond donors (Lipinski definition) is 1. The van der Waals surface area contributed by atoms with Gasteiger partial charge in [0.2, 0.25) is 0 Å². The first-order valence-corrected chi connectivity index (χ1v) is 7.37. The quantitative estimate of drug-likeness (QED) is 0.867. The van der Waals surface area contributed by atoms with Gasteiger partial charge in [-0.1, -0.05) is 19.9 Å². The van der Waals surface area contributed by atoms with Gasteiger partial charge in [-0.05, 0) is 31.0 Å². The Labute approximate surface area is 121 Å². The highest BCUT2D eigenvalue weighted by molar-refractivity contribution is 5.55. The highest BCUT2D eigenvalue weighted by atomic mass is 19.1. The van der Waals surface area contributed by atoms with Crippen LogP contribution in [0.1, 0.15) is 25.8 Å². The lowest BCUT2D eigenvalue weighted by molar-refractivity contribution is 0.121. The number of methoxy groups -OCH3 is 1. The van der Waals surface area contributed by atoms with Crippen LogP contribution in [0.4, 0.5) is 10.1 Å². The van der Waals surface area contributed by atoms with Gasteiger partial charge in [-0.3, -0.25) is 0 Å². The van der Waals surface area contributed by atoms with Gasteiger partial charge < -0.3 is 15.0 Å². The van der Waals surface area contributed by atoms with Gasteiger partial charge >= 0.3 is 0 Å². The van der Waals surface area contributed by atoms with E-state index in [0.29, 0.717) is 12.5 Å². The third-order valence-electron chi connectivity index (χ3n) is 3.77. The summed E-state index contributed by atoms with van der Waals surface area (Å²) in [5.74, 6) is 0.439. The van der Waals surface area contributed by atoms with Gasteiger partial charge in [0.25, 0.3) is 0 Å². The first-order valence-electron chi connectivity index (χ1n) is 7.37. The molecule has 0 saturated carbocycles. The molecule has 0 aliphatic carbocycles. The second-order valence-corrected chi connectivity index (χ2v) is 5.85. The lowest BCUT2D eigenvalue weighted by Gasteiger charge is -2.22. The second-order valence-electron chi connectivity index (χ2n) is 5.85. The predicted molar refractivity (Wildman–Crippen MR) is 80.6 cm³/mol. The monoisotopic (exact) mass is 280 g/mol. The third kappa shape index (κ3) is 3.70. The Hall–Kier alpha value is -1.13. The number of hydrogen-bond acceptors (Lipinski definition) is 3. The standard InChI is InChI=1S/C16H25FN2O/c1-12(2)9-18-10-14-15(17)5-4-6-16(14)19-8-7-13(11-19)20-3/h4-6,12-13,18H,7-11H2,1-3H3. The molecule has 20 heavy (non-hydrogen) atoms. The number of rotatable bonds is 6. The van der Waals surface area contributed by atoms with Crippen LogP contribution in [0.5, 0.6) is 0 Å². The van der Waals surface area contributed by atoms with Crippen LogP contribution in [0.15, 0.2) is 18.2 Å². The highest BCUT2D eigenvalue weighted by Crippen LogP contribution is 2.27. The average molecular weight is 280 g/mol. The molecular weight excluding hydrogens is 255 g/mol. The van der Waals surface area contributed by atoms with Crippen molar-refractivity contribution in [2.45, 2.75) is 32.9 Å². The molecule has 1 fully saturated rings. The lowest BCUT2D eigenvalue weighted by Crippen LogP contribution is -2.26. The Morgan fingerprint density at radius 2 is 2.25 bits per heavy atom. The van der Waals surface area contributed by atoms with Crippen LogP contribution in [0, 0.1) is 11.7 Å². The van der Waals surface area contributed by atoms with E-state index in [1.54, 1.807) is 19.2 Å². The summed E-state index contributed by atoms with van der Waals surface area (Å²) in [5.41, 5.74) is 1.77. The number of benzene rings is 1. The molecule has 0 spiro atoms. The van der Waals surface area contributed by atoms with Crippen molar-refractivity contribution in [1.82, 2.24) is 5.32 Å². The van der Waals surface area contributed by atoms with Gasteiger partial charge in [-0.2, -0.15) is 0 Å². The van der Waals surface area contributed by atoms with E-state index in [9.17, 15) is 4.39 Å². The van der Waals surface area contributed by atoms with Crippen molar-refractivity contribution in [3.63, 3.8) is 0 Å². The SMILES string of the molecule is COC1CCN(c2cccc(F)c2CNCC(C)C)C1. The Morgan fingerprint density at radius 3 is 2.90 bits per heavy atom. The summed E-state index contributed by atoms with van der Waals surface area (Å²) in [6, 6.07) is 5.34. The fourth-order valence-corrected chi connectivity index (χ4v) is 2.64. The lowest BCUT2D eigenvalue weighted by atomic mass is 10.1. The minimum Gasteiger partial charge on any atom is -0.380 e. The Kier molecular flexibility index (Phi) is 5.38. The van der Waals surface area contributed by atoms with Gasteiger partial charge in [0.1, 0.15) is 5.82 Å². The van der Waals surface area contributed by atoms with E-state index in [1.165, 1.54) is 0 Å². The summed E-state index contributed by atoms with van der Waals surface area (Å²) in [7, 11) is 1.74. The Balaban J connectivity index is 2.10. The molecule has 4 heteroatoms. The summed E-state index contributed by atoms with van der Waals surface area (Å²) in [5, 5.41) is 3.33. The van der Waals surface area contributed by atoms with Crippen molar-refractivity contribution in [2.24, 2.45) is 5.92 Å². The first-order chi connectivity index (χ1) is 9.61. The Bertz CT molecular complexity index is 436. The minimum absolute atomic E-state index is 0.125. The van der Waals surface area contributed by atoms with Crippen molar-refractivity contribution in [1.29, 1.82) is 0 Å². The first kappa shape index (κ1) is 15.3. The van der Waals surface area contributed by atoms with Crippen LogP contribution in [0.2, 0.25) is 0 Å². The van der Waals surface area contributed by atoms with E-state index in [1.807, 2.05) is 6.07 Å². The molecule has 1 unspecified atom stereocenters. The molecule has 1 heterocycles. The van der Waals surface area contributed by atoms with Crippen LogP contribution in [-0.4, -0.2) is 32.8 Å². The average Bonchev–Trinajstić information content (AvgIpc) is 2.89. The zero-order valence-electron chi connectivity index (χ0n) is 12.7. The van der Waals surface area contributed by atoms with Crippen molar-refractivity contribution in [3.05, 3.63) is 29.6 Å². The third-order valence-corrected chi connectivity index (χ3v) is 3.77. The summed E-state index contributed by atoms with van der Waals surface area (Å²) in [6.45, 7) is 7.55. The number of halogens is 1. The Morgan fingerprint density at radius 1 is 1.45 bits per heavy atom. The predicted octanol–water partition coefficient (Wildman–Crippen LogP) is 2.80. The van der Waals surface area contributed by atoms with Gasteiger partial charge in [0, 0.05) is 38.0 Å². The van der Waals surface area contributed by atoms with E-state index >= 15 is 0 Å². The van der Waals surface area contributed by atoms with Crippen molar-refractivity contribution in [2.75, 3.05) is 31.6 Å². The molecule has 1 saturated heterocycles. The fraction of sp³-hybridized carbons (Fsp3) is 0.625. The summed E-state index contributed by atoms with van der Waals surface area (Å²) in [4.78, 5) is 2.23. The van der Waals surface area contributed by atoms with Crippen LogP contribution in [-0.2, 0) is 11.3 Å². The summed E-state index contributed by atoms with van der Waals surface area (Å²) in [6.07, 6.45) is 1.26. The smallest absolute Gasteiger partial charge is 0.129 e. The topological polar surface area (TPSA) is 24.5 Å². The van der Waals surface area contributed by atoms with Crippen molar-refractivity contribution in [3.8, 4) is 0 Å². The molecule has 0 radical (unpaired) electrons. The van der Waals surface area contributed by atoms with Crippen molar-refractivity contribution < 1.29 is 9.13 Å². The number of anilines is 1. The van der Waals surface area contributed by atoms with Crippen LogP contribution >= 0.6 is 0 Å². The van der Waals surface area contributed by atoms with Crippen LogP contribution in [0.3, 0.4) is 0 Å². The highest BCUT2D eigenvalue weighted by Gasteiger charge is 2.24. The number of nitrogens with zero attached hydrogens (tertiary/aromatic N) is 1. The normalized spacial score (nSPS) is 19.1. The van der Waals surface area contributed by atoms with E-state index in [4.69, 9.17) is 4.74 Å². The molecule has 0 amide bonds. The molecule has 1 atom stereocenters. The molecule has 1 aromatic rings. The molecule has 0 bridgehead atoms. The molecule has 2 rings (SSSR count). The number of nitrogens with one attached hydrogen (secondary N) is 1. The van der Waals surface area contributed by atoms with Gasteiger partial charge in [0.05, 0.1) is 6.10 Å². The van der Waals surface area contributed by atoms with Gasteiger partial charge in [-0.15, -0.1) is 0 Å². The fourth-order valence-electron chi connectivity index (χ4n) is 2.64. The minimum atomic E-state index is -0.125. The van der Waals surface area contributed by atoms with E-state index in [2.05, 4.69) is 24.1 Å². The zero-order valence-corrected chi connectivity index (χ0v) is 12.7. The molecular formula is C16H25FN2O. The van der Waals surface area contributed by atoms with Crippen LogP contribution in [0.25, 0.3) is 0 Å². The molecule has 0 aromatic heterocycles. The second kappa shape index (κ2) is 7.04. The van der Waals surface area contributed by atoms with E-state index in [-0.39, 0.29) is 11.9 Å². The maximum absolute atomic E-state index is 14.1. The largest absolute Gasteiger partial charge is 0.380 e. The molecule has 1 aliphatic heterocycles. The molecule has 1 N–H and O–H groups in total. The number of ether oxygens (including phenoxy) is 1. The van der Waals surface area contributed by atoms with E-state index < -0.39 is 0 Å². The summed E-state index contributed by atoms with van der Waals surface area (Å²) < 4.78 is 19.5. The maximum Gasteiger partial charge on any atom is 0.129 e. The molecule has 1 aromatic carbocycles. The van der Waals surface area contributed by atoms with Crippen LogP contribution < -0.4 is 10.2 Å². The zero-order chi connectivity index (χ0) is 14.5. The molecule has 112 valence electrons. The van der Waals surface area contributed by atoms with Gasteiger partial charge in [-0.25, -0.2) is 4.39 Å². The summed E-state index contributed by atoms with van der Waals surface area (Å²) >= 11 is 0. The maximum atomic E-state index is 14.1. The molecule has 3 nitrogen and oxygen atoms in total. The molecule has 1 aliphatic rings. The van der Waals surface area contributed by atoms with E-state index in [0.717, 1.165) is 37.3 Å². The van der Waals surface area contributed by atoms with Gasteiger partial charge in [0.15, 0.2) is 0 Å². The van der Waals surface area contributed by atoms with Crippen molar-refractivity contribution >= 4 is 5.69 Å².